The molecule has 9 atom stereocenters. The van der Waals surface area contributed by atoms with Crippen molar-refractivity contribution in [1.82, 2.24) is 0 Å². The summed E-state index contributed by atoms with van der Waals surface area (Å²) in [5, 5.41) is 12.0. The zero-order valence-corrected chi connectivity index (χ0v) is 39.4. The number of benzene rings is 1. The van der Waals surface area contributed by atoms with Gasteiger partial charge in [0.2, 0.25) is 0 Å². The van der Waals surface area contributed by atoms with E-state index in [9.17, 15) is 9.90 Å². The number of ketones is 1. The molecule has 1 aromatic rings. The predicted octanol–water partition coefficient (Wildman–Crippen LogP) is 11.3. The van der Waals surface area contributed by atoms with Crippen molar-refractivity contribution < 1.29 is 33.0 Å². The molecule has 1 aliphatic rings. The number of methoxy groups -OCH3 is 2. The van der Waals surface area contributed by atoms with Crippen LogP contribution in [-0.2, 0) is 24.8 Å². The summed E-state index contributed by atoms with van der Waals surface area (Å²) in [6.07, 6.45) is 1.36. The summed E-state index contributed by atoms with van der Waals surface area (Å²) in [6, 6.07) is 2.07. The molecule has 1 heterocycles. The molecule has 1 saturated heterocycles. The van der Waals surface area contributed by atoms with E-state index in [1.165, 1.54) is 0 Å². The summed E-state index contributed by atoms with van der Waals surface area (Å²) in [5.74, 6) is 1.17. The second-order valence-corrected chi connectivity index (χ2v) is 29.3. The van der Waals surface area contributed by atoms with Crippen molar-refractivity contribution in [3.05, 3.63) is 34.9 Å². The normalized spacial score (nSPS) is 24.0. The van der Waals surface area contributed by atoms with Crippen LogP contribution in [0.2, 0.25) is 36.3 Å². The molecule has 2 rings (SSSR count). The van der Waals surface area contributed by atoms with Gasteiger partial charge in [0.05, 0.1) is 38.6 Å². The summed E-state index contributed by atoms with van der Waals surface area (Å²) in [7, 11) is -0.687. The number of aliphatic hydroxyl groups is 1. The standard InChI is InChI=1S/C44H80O7Si2/c1-27(2)23-29(4)39(46)30(5)36(45)24-34-35(25-38(47-15)32(7)41(34)48-16)42-33(8)40(51-53(19,20)44(12,13)14)31(6)37(50-42)22-21-28(3)26-49-52(17,18)43(9,10)11/h25,28-31,33,36-37,40,42,45H,1,21-24,26H2,2-20H3/t28-,29+,30?,31-,33+,36?,37-,40-,42+/m0/s1. The molecule has 2 unspecified atom stereocenters. The first-order valence-corrected chi connectivity index (χ1v) is 26.0. The number of carbonyl (C=O) groups is 1. The molecule has 1 N–H and O–H groups in total. The first kappa shape index (κ1) is 47.7. The Morgan fingerprint density at radius 1 is 0.962 bits per heavy atom. The van der Waals surface area contributed by atoms with Crippen LogP contribution in [0.4, 0.5) is 0 Å². The molecule has 0 aromatic heterocycles. The molecule has 0 radical (unpaired) electrons. The first-order chi connectivity index (χ1) is 24.1. The second-order valence-electron chi connectivity index (χ2n) is 19.7. The Bertz CT molecular complexity index is 1370. The van der Waals surface area contributed by atoms with Gasteiger partial charge in [-0.15, -0.1) is 6.58 Å². The van der Waals surface area contributed by atoms with E-state index in [0.29, 0.717) is 23.8 Å². The van der Waals surface area contributed by atoms with Gasteiger partial charge in [-0.3, -0.25) is 4.79 Å². The molecule has 1 fully saturated rings. The van der Waals surface area contributed by atoms with Crippen molar-refractivity contribution in [3.8, 4) is 11.5 Å². The Hall–Kier alpha value is -1.50. The maximum Gasteiger partial charge on any atom is 0.192 e. The van der Waals surface area contributed by atoms with Gasteiger partial charge in [-0.05, 0) is 86.9 Å². The molecule has 7 nitrogen and oxygen atoms in total. The van der Waals surface area contributed by atoms with Gasteiger partial charge in [-0.2, -0.15) is 0 Å². The van der Waals surface area contributed by atoms with E-state index in [0.717, 1.165) is 41.7 Å². The topological polar surface area (TPSA) is 83.5 Å². The highest BCUT2D eigenvalue weighted by molar-refractivity contribution is 6.74. The molecule has 0 amide bonds. The molecule has 0 aliphatic carbocycles. The van der Waals surface area contributed by atoms with Gasteiger partial charge < -0.3 is 28.2 Å². The highest BCUT2D eigenvalue weighted by Crippen LogP contribution is 2.49. The van der Waals surface area contributed by atoms with E-state index in [1.54, 1.807) is 14.2 Å². The predicted molar refractivity (Wildman–Crippen MR) is 226 cm³/mol. The monoisotopic (exact) mass is 777 g/mol. The fraction of sp³-hybridized carbons (Fsp3) is 0.795. The summed E-state index contributed by atoms with van der Waals surface area (Å²) >= 11 is 0. The van der Waals surface area contributed by atoms with E-state index in [1.807, 2.05) is 27.7 Å². The minimum atomic E-state index is -2.17. The van der Waals surface area contributed by atoms with Crippen LogP contribution in [0.15, 0.2) is 18.2 Å². The lowest BCUT2D eigenvalue weighted by molar-refractivity contribution is -0.165. The number of hydrogen-bond acceptors (Lipinski definition) is 7. The molecule has 1 aromatic carbocycles. The van der Waals surface area contributed by atoms with E-state index >= 15 is 0 Å². The molecule has 9 heteroatoms. The fourth-order valence-corrected chi connectivity index (χ4v) is 9.82. The Morgan fingerprint density at radius 2 is 1.53 bits per heavy atom. The lowest BCUT2D eigenvalue weighted by Gasteiger charge is -2.50. The van der Waals surface area contributed by atoms with Gasteiger partial charge in [0.25, 0.3) is 0 Å². The summed E-state index contributed by atoms with van der Waals surface area (Å²) in [4.78, 5) is 13.5. The lowest BCUT2D eigenvalue weighted by Crippen LogP contribution is -2.53. The first-order valence-electron chi connectivity index (χ1n) is 20.2. The Labute approximate surface area is 327 Å². The minimum absolute atomic E-state index is 0.00243. The summed E-state index contributed by atoms with van der Waals surface area (Å²) in [5.41, 5.74) is 3.61. The third kappa shape index (κ3) is 11.8. The van der Waals surface area contributed by atoms with E-state index in [-0.39, 0.29) is 58.3 Å². The largest absolute Gasteiger partial charge is 0.496 e. The van der Waals surface area contributed by atoms with Crippen LogP contribution < -0.4 is 9.47 Å². The summed E-state index contributed by atoms with van der Waals surface area (Å²) < 4.78 is 33.3. The highest BCUT2D eigenvalue weighted by atomic mass is 28.4. The molecule has 0 spiro atoms. The quantitative estimate of drug-likeness (QED) is 0.117. The van der Waals surface area contributed by atoms with Crippen molar-refractivity contribution in [2.24, 2.45) is 29.6 Å². The van der Waals surface area contributed by atoms with E-state index in [4.69, 9.17) is 23.1 Å². The molecule has 306 valence electrons. The van der Waals surface area contributed by atoms with Gasteiger partial charge in [-0.25, -0.2) is 0 Å². The van der Waals surface area contributed by atoms with Crippen LogP contribution in [0.25, 0.3) is 0 Å². The number of aliphatic hydroxyl groups excluding tert-OH is 1. The van der Waals surface area contributed by atoms with Crippen LogP contribution in [0.3, 0.4) is 0 Å². The van der Waals surface area contributed by atoms with Gasteiger partial charge in [0, 0.05) is 47.8 Å². The van der Waals surface area contributed by atoms with Crippen molar-refractivity contribution in [1.29, 1.82) is 0 Å². The number of ether oxygens (including phenoxy) is 3. The zero-order valence-electron chi connectivity index (χ0n) is 37.4. The van der Waals surface area contributed by atoms with Crippen molar-refractivity contribution in [3.63, 3.8) is 0 Å². The molecule has 0 saturated carbocycles. The van der Waals surface area contributed by atoms with Gasteiger partial charge in [0.1, 0.15) is 17.3 Å². The van der Waals surface area contributed by atoms with Crippen LogP contribution in [0, 0.1) is 36.5 Å². The van der Waals surface area contributed by atoms with Crippen LogP contribution in [-0.4, -0.2) is 66.7 Å². The van der Waals surface area contributed by atoms with Crippen molar-refractivity contribution in [2.75, 3.05) is 20.8 Å². The molecular formula is C44H80O7Si2. The number of Topliss-reactive ketones (excluding diaryl/α,β-unsaturated/α-hetero) is 1. The van der Waals surface area contributed by atoms with Crippen LogP contribution in [0.5, 0.6) is 11.5 Å². The Balaban J connectivity index is 2.64. The van der Waals surface area contributed by atoms with E-state index in [2.05, 4.69) is 101 Å². The SMILES string of the molecule is C=C(C)C[C@@H](C)C(=O)C(C)C(O)Cc1c([C@@H]2O[C@@H](CC[C@H](C)CO[Si](C)(C)C(C)(C)C)[C@H](C)[C@H](O[Si](C)(C)C(C)(C)C)[C@H]2C)cc(OC)c(C)c1OC. The zero-order chi connectivity index (χ0) is 41.0. The third-order valence-corrected chi connectivity index (χ3v) is 22.0. The smallest absolute Gasteiger partial charge is 0.192 e. The van der Waals surface area contributed by atoms with Crippen LogP contribution >= 0.6 is 0 Å². The third-order valence-electron chi connectivity index (χ3n) is 13.1. The maximum absolute atomic E-state index is 13.5. The average Bonchev–Trinajstić information content (AvgIpc) is 3.03. The maximum atomic E-state index is 13.5. The van der Waals surface area contributed by atoms with Crippen molar-refractivity contribution in [2.45, 2.75) is 176 Å². The van der Waals surface area contributed by atoms with E-state index < -0.39 is 28.7 Å². The molecular weight excluding hydrogens is 697 g/mol. The second kappa shape index (κ2) is 18.6. The van der Waals surface area contributed by atoms with Gasteiger partial charge >= 0.3 is 0 Å². The number of hydrogen-bond donors (Lipinski definition) is 1. The number of rotatable bonds is 18. The van der Waals surface area contributed by atoms with Crippen molar-refractivity contribution >= 4 is 22.4 Å². The van der Waals surface area contributed by atoms with Gasteiger partial charge in [0.15, 0.2) is 16.6 Å². The summed E-state index contributed by atoms with van der Waals surface area (Å²) in [6.45, 7) is 42.3. The molecule has 1 aliphatic heterocycles. The molecule has 53 heavy (non-hydrogen) atoms. The van der Waals surface area contributed by atoms with Gasteiger partial charge in [-0.1, -0.05) is 81.7 Å². The Morgan fingerprint density at radius 3 is 2.02 bits per heavy atom. The fourth-order valence-electron chi connectivity index (χ4n) is 7.22. The van der Waals surface area contributed by atoms with Crippen LogP contribution in [0.1, 0.15) is 125 Å². The average molecular weight is 777 g/mol. The Kier molecular flexibility index (Phi) is 16.8. The molecule has 0 bridgehead atoms. The highest BCUT2D eigenvalue weighted by Gasteiger charge is 2.49. The number of allylic oxidation sites excluding steroid dienone is 1. The minimum Gasteiger partial charge on any atom is -0.496 e. The lowest BCUT2D eigenvalue weighted by atomic mass is 9.77. The number of carbonyl (C=O) groups excluding carboxylic acids is 1.